The summed E-state index contributed by atoms with van der Waals surface area (Å²) in [5, 5.41) is 9.04. The van der Waals surface area contributed by atoms with Crippen molar-refractivity contribution >= 4 is 5.97 Å². The molecule has 1 heterocycles. The second-order valence-electron chi connectivity index (χ2n) is 6.57. The van der Waals surface area contributed by atoms with Crippen LogP contribution in [-0.2, 0) is 4.79 Å². The minimum absolute atomic E-state index is 0.119. The molecule has 17 heavy (non-hydrogen) atoms. The summed E-state index contributed by atoms with van der Waals surface area (Å²) in [4.78, 5) is 13.4. The van der Waals surface area contributed by atoms with Gasteiger partial charge in [-0.1, -0.05) is 20.3 Å². The lowest BCUT2D eigenvalue weighted by Gasteiger charge is -2.27. The first-order valence-corrected chi connectivity index (χ1v) is 6.95. The van der Waals surface area contributed by atoms with Crippen LogP contribution >= 0.6 is 0 Å². The van der Waals surface area contributed by atoms with Crippen LogP contribution in [0.15, 0.2) is 0 Å². The molecule has 0 bridgehead atoms. The molecule has 0 aromatic carbocycles. The number of hydrogen-bond acceptors (Lipinski definition) is 2. The molecule has 1 N–H and O–H groups in total. The highest BCUT2D eigenvalue weighted by Gasteiger charge is 2.34. The van der Waals surface area contributed by atoms with Gasteiger partial charge in [0, 0.05) is 12.6 Å². The number of nitrogens with zero attached hydrogens (tertiary/aromatic N) is 1. The standard InChI is InChI=1S/C14H25NO2/c1-14(2)7-3-4-12(5-8-14)15-9-6-11(10-15)13(16)17/h11-12H,3-10H2,1-2H3,(H,16,17). The molecule has 2 aliphatic rings. The fourth-order valence-electron chi connectivity index (χ4n) is 3.33. The van der Waals surface area contributed by atoms with E-state index in [9.17, 15) is 4.79 Å². The van der Waals surface area contributed by atoms with Crippen molar-refractivity contribution < 1.29 is 9.90 Å². The smallest absolute Gasteiger partial charge is 0.307 e. The summed E-state index contributed by atoms with van der Waals surface area (Å²) in [6.45, 7) is 6.49. The summed E-state index contributed by atoms with van der Waals surface area (Å²) >= 11 is 0. The maximum Gasteiger partial charge on any atom is 0.307 e. The van der Waals surface area contributed by atoms with Gasteiger partial charge in [0.1, 0.15) is 0 Å². The Bertz CT molecular complexity index is 288. The number of hydrogen-bond donors (Lipinski definition) is 1. The van der Waals surface area contributed by atoms with Gasteiger partial charge in [-0.25, -0.2) is 0 Å². The van der Waals surface area contributed by atoms with E-state index in [2.05, 4.69) is 18.7 Å². The summed E-state index contributed by atoms with van der Waals surface area (Å²) in [7, 11) is 0. The van der Waals surface area contributed by atoms with Crippen molar-refractivity contribution in [3.05, 3.63) is 0 Å². The highest BCUT2D eigenvalue weighted by atomic mass is 16.4. The largest absolute Gasteiger partial charge is 0.481 e. The number of carboxylic acid groups (broad SMARTS) is 1. The molecule has 3 heteroatoms. The first-order valence-electron chi connectivity index (χ1n) is 6.95. The van der Waals surface area contributed by atoms with E-state index in [0.717, 1.165) is 19.5 Å². The predicted octanol–water partition coefficient (Wildman–Crippen LogP) is 2.75. The van der Waals surface area contributed by atoms with Crippen LogP contribution in [0.25, 0.3) is 0 Å². The molecule has 1 saturated carbocycles. The van der Waals surface area contributed by atoms with E-state index in [1.807, 2.05) is 0 Å². The lowest BCUT2D eigenvalue weighted by atomic mass is 9.85. The minimum Gasteiger partial charge on any atom is -0.481 e. The molecule has 0 aromatic heterocycles. The van der Waals surface area contributed by atoms with Gasteiger partial charge in [-0.15, -0.1) is 0 Å². The van der Waals surface area contributed by atoms with Crippen LogP contribution in [0.3, 0.4) is 0 Å². The van der Waals surface area contributed by atoms with Crippen LogP contribution in [0.1, 0.15) is 52.4 Å². The van der Waals surface area contributed by atoms with Crippen molar-refractivity contribution in [2.75, 3.05) is 13.1 Å². The van der Waals surface area contributed by atoms with E-state index < -0.39 is 5.97 Å². The lowest BCUT2D eigenvalue weighted by molar-refractivity contribution is -0.141. The number of carboxylic acids is 1. The van der Waals surface area contributed by atoms with E-state index in [4.69, 9.17) is 5.11 Å². The van der Waals surface area contributed by atoms with Crippen LogP contribution in [0.4, 0.5) is 0 Å². The molecule has 2 fully saturated rings. The van der Waals surface area contributed by atoms with Gasteiger partial charge in [0.2, 0.25) is 0 Å². The monoisotopic (exact) mass is 239 g/mol. The predicted molar refractivity (Wildman–Crippen MR) is 68.0 cm³/mol. The maximum atomic E-state index is 11.0. The van der Waals surface area contributed by atoms with Gasteiger partial charge in [-0.3, -0.25) is 9.69 Å². The molecule has 0 amide bonds. The Hall–Kier alpha value is -0.570. The van der Waals surface area contributed by atoms with E-state index in [-0.39, 0.29) is 5.92 Å². The van der Waals surface area contributed by atoms with Crippen LogP contribution < -0.4 is 0 Å². The molecule has 2 rings (SSSR count). The van der Waals surface area contributed by atoms with E-state index in [1.165, 1.54) is 32.1 Å². The van der Waals surface area contributed by atoms with Gasteiger partial charge < -0.3 is 5.11 Å². The number of carbonyl (C=O) groups is 1. The van der Waals surface area contributed by atoms with Crippen molar-refractivity contribution in [1.29, 1.82) is 0 Å². The molecular formula is C14H25NO2. The molecule has 1 aliphatic heterocycles. The molecule has 3 nitrogen and oxygen atoms in total. The van der Waals surface area contributed by atoms with Gasteiger partial charge in [-0.2, -0.15) is 0 Å². The zero-order valence-electron chi connectivity index (χ0n) is 11.1. The number of rotatable bonds is 2. The average molecular weight is 239 g/mol. The van der Waals surface area contributed by atoms with Gasteiger partial charge in [-0.05, 0) is 44.1 Å². The molecule has 0 spiro atoms. The molecule has 2 atom stereocenters. The normalized spacial score (nSPS) is 34.5. The number of likely N-dealkylation sites (tertiary alicyclic amines) is 1. The molecule has 0 aromatic rings. The lowest BCUT2D eigenvalue weighted by Crippen LogP contribution is -2.34. The second kappa shape index (κ2) is 4.97. The first-order chi connectivity index (χ1) is 7.98. The Labute approximate surface area is 104 Å². The highest BCUT2D eigenvalue weighted by molar-refractivity contribution is 5.70. The highest BCUT2D eigenvalue weighted by Crippen LogP contribution is 2.36. The maximum absolute atomic E-state index is 11.0. The van der Waals surface area contributed by atoms with E-state index in [0.29, 0.717) is 11.5 Å². The van der Waals surface area contributed by atoms with Gasteiger partial charge in [0.25, 0.3) is 0 Å². The van der Waals surface area contributed by atoms with Crippen molar-refractivity contribution in [2.45, 2.75) is 58.4 Å². The fraction of sp³-hybridized carbons (Fsp3) is 0.929. The van der Waals surface area contributed by atoms with E-state index in [1.54, 1.807) is 0 Å². The third-order valence-electron chi connectivity index (χ3n) is 4.63. The Morgan fingerprint density at radius 3 is 2.65 bits per heavy atom. The van der Waals surface area contributed by atoms with Crippen molar-refractivity contribution in [1.82, 2.24) is 4.90 Å². The summed E-state index contributed by atoms with van der Waals surface area (Å²) in [5.41, 5.74) is 0.487. The molecule has 1 saturated heterocycles. The molecule has 98 valence electrons. The molecular weight excluding hydrogens is 214 g/mol. The molecule has 0 radical (unpaired) electrons. The quantitative estimate of drug-likeness (QED) is 0.753. The topological polar surface area (TPSA) is 40.5 Å². The third kappa shape index (κ3) is 3.21. The van der Waals surface area contributed by atoms with Crippen molar-refractivity contribution in [3.63, 3.8) is 0 Å². The van der Waals surface area contributed by atoms with Crippen LogP contribution in [0.5, 0.6) is 0 Å². The summed E-state index contributed by atoms with van der Waals surface area (Å²) in [6, 6.07) is 0.640. The minimum atomic E-state index is -0.610. The average Bonchev–Trinajstić information content (AvgIpc) is 2.65. The Balaban J connectivity index is 1.89. The Morgan fingerprint density at radius 1 is 1.24 bits per heavy atom. The molecule has 2 unspecified atom stereocenters. The van der Waals surface area contributed by atoms with Crippen molar-refractivity contribution in [3.8, 4) is 0 Å². The summed E-state index contributed by atoms with van der Waals surface area (Å²) in [5.74, 6) is -0.729. The summed E-state index contributed by atoms with van der Waals surface area (Å²) in [6.07, 6.45) is 7.25. The van der Waals surface area contributed by atoms with Gasteiger partial charge >= 0.3 is 5.97 Å². The first kappa shape index (κ1) is 12.9. The number of aliphatic carboxylic acids is 1. The van der Waals surface area contributed by atoms with Crippen molar-refractivity contribution in [2.24, 2.45) is 11.3 Å². The van der Waals surface area contributed by atoms with Gasteiger partial charge in [0.05, 0.1) is 5.92 Å². The Morgan fingerprint density at radius 2 is 2.00 bits per heavy atom. The van der Waals surface area contributed by atoms with Gasteiger partial charge in [0.15, 0.2) is 0 Å². The van der Waals surface area contributed by atoms with Crippen LogP contribution in [0.2, 0.25) is 0 Å². The van der Waals surface area contributed by atoms with Crippen LogP contribution in [-0.4, -0.2) is 35.1 Å². The zero-order chi connectivity index (χ0) is 12.5. The van der Waals surface area contributed by atoms with Crippen LogP contribution in [0, 0.1) is 11.3 Å². The molecule has 1 aliphatic carbocycles. The third-order valence-corrected chi connectivity index (χ3v) is 4.63. The zero-order valence-corrected chi connectivity index (χ0v) is 11.1. The SMILES string of the molecule is CC1(C)CCCC(N2CCC(C(=O)O)C2)CC1. The summed E-state index contributed by atoms with van der Waals surface area (Å²) < 4.78 is 0. The second-order valence-corrected chi connectivity index (χ2v) is 6.57. The fourth-order valence-corrected chi connectivity index (χ4v) is 3.33. The van der Waals surface area contributed by atoms with E-state index >= 15 is 0 Å². The Kier molecular flexibility index (Phi) is 3.76.